The van der Waals surface area contributed by atoms with Gasteiger partial charge in [-0.1, -0.05) is 42.5 Å². The molecule has 180 valence electrons. The third-order valence-corrected chi connectivity index (χ3v) is 5.98. The Kier molecular flexibility index (Phi) is 9.36. The fraction of sp³-hybridized carbons (Fsp3) is 0.400. The Morgan fingerprint density at radius 1 is 1.24 bits per heavy atom. The number of nitrogens with one attached hydrogen (secondary N) is 2. The maximum atomic E-state index is 12.7. The summed E-state index contributed by atoms with van der Waals surface area (Å²) in [7, 11) is -3.82. The smallest absolute Gasteiger partial charge is 0.326 e. The lowest BCUT2D eigenvalue weighted by molar-refractivity contribution is -0.142. The summed E-state index contributed by atoms with van der Waals surface area (Å²) in [4.78, 5) is 41.4. The summed E-state index contributed by atoms with van der Waals surface area (Å²) < 4.78 is 27.2. The first-order valence-corrected chi connectivity index (χ1v) is 11.8. The van der Waals surface area contributed by atoms with E-state index >= 15 is 0 Å². The van der Waals surface area contributed by atoms with Crippen molar-refractivity contribution in [3.05, 3.63) is 48.0 Å². The molecule has 12 nitrogen and oxygen atoms in total. The molecule has 2 atom stereocenters. The van der Waals surface area contributed by atoms with Crippen molar-refractivity contribution in [3.8, 4) is 0 Å². The predicted octanol–water partition coefficient (Wildman–Crippen LogP) is -1.50. The quantitative estimate of drug-likeness (QED) is 0.103. The van der Waals surface area contributed by atoms with Gasteiger partial charge in [-0.25, -0.2) is 13.2 Å². The Hall–Kier alpha value is -3.45. The van der Waals surface area contributed by atoms with Gasteiger partial charge in [0.25, 0.3) is 0 Å². The second-order valence-corrected chi connectivity index (χ2v) is 9.15. The van der Waals surface area contributed by atoms with E-state index in [0.717, 1.165) is 4.90 Å². The SMILES string of the molecule is NC(N)=NCCC[C@H](NC(=O)CN1CC=C[C@H](NS(=O)(=O)Cc2ccccc2)C1=O)C(=O)O. The Morgan fingerprint density at radius 3 is 2.58 bits per heavy atom. The van der Waals surface area contributed by atoms with Gasteiger partial charge in [0.1, 0.15) is 12.1 Å². The van der Waals surface area contributed by atoms with Crippen molar-refractivity contribution in [1.82, 2.24) is 14.9 Å². The number of rotatable bonds is 12. The fourth-order valence-electron chi connectivity index (χ4n) is 3.13. The summed E-state index contributed by atoms with van der Waals surface area (Å²) in [6.07, 6.45) is 3.40. The molecule has 0 aromatic heterocycles. The summed E-state index contributed by atoms with van der Waals surface area (Å²) in [5, 5.41) is 11.7. The zero-order valence-corrected chi connectivity index (χ0v) is 18.7. The van der Waals surface area contributed by atoms with Gasteiger partial charge in [-0.15, -0.1) is 0 Å². The molecule has 13 heteroatoms. The van der Waals surface area contributed by atoms with Crippen LogP contribution in [0.5, 0.6) is 0 Å². The van der Waals surface area contributed by atoms with E-state index in [-0.39, 0.29) is 31.2 Å². The van der Waals surface area contributed by atoms with Crippen LogP contribution in [0.3, 0.4) is 0 Å². The number of benzene rings is 1. The summed E-state index contributed by atoms with van der Waals surface area (Å²) in [6.45, 7) is -0.120. The number of amides is 2. The first-order chi connectivity index (χ1) is 15.6. The average Bonchev–Trinajstić information content (AvgIpc) is 2.73. The van der Waals surface area contributed by atoms with E-state index in [4.69, 9.17) is 11.5 Å². The van der Waals surface area contributed by atoms with Gasteiger partial charge >= 0.3 is 5.97 Å². The Morgan fingerprint density at radius 2 is 1.94 bits per heavy atom. The molecular formula is C20H28N6O6S. The van der Waals surface area contributed by atoms with E-state index in [1.165, 1.54) is 6.08 Å². The van der Waals surface area contributed by atoms with E-state index in [0.29, 0.717) is 12.0 Å². The van der Waals surface area contributed by atoms with Gasteiger partial charge < -0.3 is 26.8 Å². The number of sulfonamides is 1. The van der Waals surface area contributed by atoms with E-state index in [1.807, 2.05) is 0 Å². The average molecular weight is 481 g/mol. The molecule has 1 aliphatic rings. The lowest BCUT2D eigenvalue weighted by atomic mass is 10.1. The van der Waals surface area contributed by atoms with Crippen LogP contribution in [0.25, 0.3) is 0 Å². The van der Waals surface area contributed by atoms with Gasteiger partial charge in [0.2, 0.25) is 21.8 Å². The lowest BCUT2D eigenvalue weighted by Gasteiger charge is -2.28. The van der Waals surface area contributed by atoms with Crippen LogP contribution >= 0.6 is 0 Å². The van der Waals surface area contributed by atoms with Gasteiger partial charge in [0.15, 0.2) is 5.96 Å². The Balaban J connectivity index is 1.92. The zero-order chi connectivity index (χ0) is 24.4. The third kappa shape index (κ3) is 8.90. The maximum Gasteiger partial charge on any atom is 0.326 e. The molecule has 2 amide bonds. The highest BCUT2D eigenvalue weighted by Crippen LogP contribution is 2.10. The monoisotopic (exact) mass is 480 g/mol. The number of guanidine groups is 1. The number of hydrogen-bond donors (Lipinski definition) is 5. The number of aliphatic carboxylic acids is 1. The van der Waals surface area contributed by atoms with E-state index < -0.39 is 46.4 Å². The van der Waals surface area contributed by atoms with Crippen LogP contribution in [0.15, 0.2) is 47.5 Å². The second kappa shape index (κ2) is 12.0. The molecule has 0 spiro atoms. The molecular weight excluding hydrogens is 452 g/mol. The van der Waals surface area contributed by atoms with Crippen molar-refractivity contribution >= 4 is 33.8 Å². The van der Waals surface area contributed by atoms with Gasteiger partial charge in [-0.3, -0.25) is 14.6 Å². The number of carbonyl (C=O) groups is 3. The van der Waals surface area contributed by atoms with Crippen molar-refractivity contribution in [1.29, 1.82) is 0 Å². The second-order valence-electron chi connectivity index (χ2n) is 7.39. The molecule has 1 aliphatic heterocycles. The van der Waals surface area contributed by atoms with Gasteiger partial charge in [-0.05, 0) is 18.4 Å². The van der Waals surface area contributed by atoms with Crippen LogP contribution in [-0.2, 0) is 30.2 Å². The minimum absolute atomic E-state index is 0.0887. The molecule has 0 saturated carbocycles. The molecule has 0 radical (unpaired) electrons. The van der Waals surface area contributed by atoms with E-state index in [1.54, 1.807) is 36.4 Å². The first-order valence-electron chi connectivity index (χ1n) is 10.1. The van der Waals surface area contributed by atoms with Crippen molar-refractivity contribution < 1.29 is 27.9 Å². The normalized spacial score (nSPS) is 16.8. The van der Waals surface area contributed by atoms with Crippen LogP contribution in [0.4, 0.5) is 0 Å². The summed E-state index contributed by atoms with van der Waals surface area (Å²) in [5.74, 6) is -2.93. The minimum Gasteiger partial charge on any atom is -0.480 e. The summed E-state index contributed by atoms with van der Waals surface area (Å²) in [5.41, 5.74) is 11.0. The third-order valence-electron chi connectivity index (χ3n) is 4.65. The van der Waals surface area contributed by atoms with E-state index in [2.05, 4.69) is 15.0 Å². The largest absolute Gasteiger partial charge is 0.480 e. The summed E-state index contributed by atoms with van der Waals surface area (Å²) in [6, 6.07) is 6.16. The van der Waals surface area contributed by atoms with Gasteiger partial charge in [-0.2, -0.15) is 4.72 Å². The van der Waals surface area contributed by atoms with Crippen LogP contribution in [0, 0.1) is 0 Å². The Bertz CT molecular complexity index is 1010. The topological polar surface area (TPSA) is 197 Å². The van der Waals surface area contributed by atoms with Crippen molar-refractivity contribution in [2.45, 2.75) is 30.7 Å². The van der Waals surface area contributed by atoms with Crippen molar-refractivity contribution in [3.63, 3.8) is 0 Å². The van der Waals surface area contributed by atoms with Crippen molar-refractivity contribution in [2.75, 3.05) is 19.6 Å². The molecule has 7 N–H and O–H groups in total. The molecule has 0 aliphatic carbocycles. The number of nitrogens with zero attached hydrogens (tertiary/aromatic N) is 2. The highest BCUT2D eigenvalue weighted by atomic mass is 32.2. The lowest BCUT2D eigenvalue weighted by Crippen LogP contribution is -2.53. The predicted molar refractivity (Wildman–Crippen MR) is 121 cm³/mol. The van der Waals surface area contributed by atoms with E-state index in [9.17, 15) is 27.9 Å². The van der Waals surface area contributed by atoms with Crippen LogP contribution in [-0.4, -0.2) is 73.9 Å². The van der Waals surface area contributed by atoms with Crippen LogP contribution < -0.4 is 21.5 Å². The molecule has 1 heterocycles. The molecule has 1 aromatic rings. The van der Waals surface area contributed by atoms with Crippen molar-refractivity contribution in [2.24, 2.45) is 16.5 Å². The molecule has 0 saturated heterocycles. The zero-order valence-electron chi connectivity index (χ0n) is 17.9. The highest BCUT2D eigenvalue weighted by Gasteiger charge is 2.30. The highest BCUT2D eigenvalue weighted by molar-refractivity contribution is 7.88. The minimum atomic E-state index is -3.82. The number of nitrogens with two attached hydrogens (primary N) is 2. The van der Waals surface area contributed by atoms with Crippen LogP contribution in [0.2, 0.25) is 0 Å². The number of carboxylic acids is 1. The molecule has 0 bridgehead atoms. The number of carbonyl (C=O) groups excluding carboxylic acids is 2. The van der Waals surface area contributed by atoms with Gasteiger partial charge in [0.05, 0.1) is 12.3 Å². The number of aliphatic imine (C=N–C) groups is 1. The molecule has 0 fully saturated rings. The number of hydrogen-bond acceptors (Lipinski definition) is 6. The van der Waals surface area contributed by atoms with Gasteiger partial charge in [0, 0.05) is 13.1 Å². The standard InChI is InChI=1S/C20H28N6O6S/c21-20(22)23-10-4-8-16(19(29)30)24-17(27)12-26-11-5-9-15(18(26)28)25-33(31,32)13-14-6-2-1-3-7-14/h1-3,5-7,9,15-16,25H,4,8,10-13H2,(H,24,27)(H,29,30)(H4,21,22,23)/t15-,16-/m0/s1. The molecule has 1 aromatic carbocycles. The Labute approximate surface area is 191 Å². The maximum absolute atomic E-state index is 12.7. The molecule has 33 heavy (non-hydrogen) atoms. The first kappa shape index (κ1) is 25.8. The fourth-order valence-corrected chi connectivity index (χ4v) is 4.41. The molecule has 0 unspecified atom stereocenters. The number of carboxylic acid groups (broad SMARTS) is 1. The summed E-state index contributed by atoms with van der Waals surface area (Å²) >= 11 is 0. The molecule has 2 rings (SSSR count). The van der Waals surface area contributed by atoms with Crippen LogP contribution in [0.1, 0.15) is 18.4 Å².